The fourth-order valence-electron chi connectivity index (χ4n) is 1.95. The van der Waals surface area contributed by atoms with Crippen LogP contribution in [-0.4, -0.2) is 23.0 Å². The van der Waals surface area contributed by atoms with E-state index in [1.807, 2.05) is 0 Å². The number of ether oxygens (including phenoxy) is 2. The first kappa shape index (κ1) is 11.6. The second-order valence-electron chi connectivity index (χ2n) is 4.21. The van der Waals surface area contributed by atoms with Gasteiger partial charge in [0.15, 0.2) is 11.5 Å². The highest BCUT2D eigenvalue weighted by molar-refractivity contribution is 5.58. The van der Waals surface area contributed by atoms with Gasteiger partial charge in [-0.3, -0.25) is 4.79 Å². The van der Waals surface area contributed by atoms with Crippen molar-refractivity contribution in [1.29, 1.82) is 0 Å². The molecule has 98 valence electrons. The molecule has 3 rings (SSSR count). The second kappa shape index (κ2) is 4.64. The molecular weight excluding hydrogens is 246 g/mol. The Labute approximate surface area is 109 Å². The molecule has 0 amide bonds. The fourth-order valence-corrected chi connectivity index (χ4v) is 1.95. The zero-order valence-electron chi connectivity index (χ0n) is 10.2. The third kappa shape index (κ3) is 2.24. The summed E-state index contributed by atoms with van der Waals surface area (Å²) in [4.78, 5) is 11.6. The molecule has 6 heteroatoms. The number of rotatable bonds is 2. The number of hydrogen-bond acceptors (Lipinski definition) is 5. The van der Waals surface area contributed by atoms with Crippen LogP contribution in [-0.2, 0) is 6.54 Å². The average Bonchev–Trinajstić information content (AvgIpc) is 2.42. The Morgan fingerprint density at radius 2 is 2.00 bits per heavy atom. The molecule has 1 aromatic carbocycles. The first-order chi connectivity index (χ1) is 9.24. The van der Waals surface area contributed by atoms with Gasteiger partial charge in [0.2, 0.25) is 0 Å². The van der Waals surface area contributed by atoms with E-state index in [0.717, 1.165) is 5.56 Å². The Kier molecular flexibility index (Phi) is 2.83. The molecule has 0 fully saturated rings. The molecule has 0 saturated carbocycles. The Morgan fingerprint density at radius 1 is 1.26 bits per heavy atom. The van der Waals surface area contributed by atoms with Gasteiger partial charge in [-0.15, -0.1) is 0 Å². The lowest BCUT2D eigenvalue weighted by molar-refractivity contribution is 0.171. The molecule has 0 unspecified atom stereocenters. The number of hydrogen-bond donors (Lipinski definition) is 1. The summed E-state index contributed by atoms with van der Waals surface area (Å²) in [5.74, 6) is 1.29. The number of nitrogens with two attached hydrogens (primary N) is 1. The molecule has 2 heterocycles. The van der Waals surface area contributed by atoms with Crippen LogP contribution < -0.4 is 20.8 Å². The van der Waals surface area contributed by atoms with Gasteiger partial charge in [-0.25, -0.2) is 4.68 Å². The van der Waals surface area contributed by atoms with Crippen LogP contribution >= 0.6 is 0 Å². The molecule has 19 heavy (non-hydrogen) atoms. The van der Waals surface area contributed by atoms with Crippen molar-refractivity contribution in [3.8, 4) is 11.5 Å². The smallest absolute Gasteiger partial charge is 0.267 e. The zero-order chi connectivity index (χ0) is 13.2. The molecule has 0 atom stereocenters. The summed E-state index contributed by atoms with van der Waals surface area (Å²) in [5.41, 5.74) is 7.13. The van der Waals surface area contributed by atoms with E-state index in [-0.39, 0.29) is 5.56 Å². The van der Waals surface area contributed by atoms with Gasteiger partial charge in [-0.2, -0.15) is 5.10 Å². The van der Waals surface area contributed by atoms with Crippen LogP contribution in [0.15, 0.2) is 35.3 Å². The molecule has 6 nitrogen and oxygen atoms in total. The minimum Gasteiger partial charge on any atom is -0.486 e. The molecule has 1 aromatic heterocycles. The van der Waals surface area contributed by atoms with Crippen LogP contribution in [0.3, 0.4) is 0 Å². The van der Waals surface area contributed by atoms with Gasteiger partial charge in [-0.05, 0) is 12.1 Å². The lowest BCUT2D eigenvalue weighted by atomic mass is 10.1. The molecule has 1 aliphatic heterocycles. The highest BCUT2D eigenvalue weighted by atomic mass is 16.6. The maximum Gasteiger partial charge on any atom is 0.267 e. The third-order valence-electron chi connectivity index (χ3n) is 2.91. The first-order valence-electron chi connectivity index (χ1n) is 5.94. The Bertz CT molecular complexity index is 666. The van der Waals surface area contributed by atoms with Gasteiger partial charge in [-0.1, -0.05) is 0 Å². The SMILES string of the molecule is Nc1cc2c(cc1Cn1ncccc1=O)OCCO2. The molecular formula is C13H13N3O3. The van der Waals surface area contributed by atoms with Crippen LogP contribution in [0.1, 0.15) is 5.56 Å². The summed E-state index contributed by atoms with van der Waals surface area (Å²) in [6.45, 7) is 1.34. The number of nitrogen functional groups attached to an aromatic ring is 1. The first-order valence-corrected chi connectivity index (χ1v) is 5.94. The maximum absolute atomic E-state index is 11.6. The van der Waals surface area contributed by atoms with Gasteiger partial charge in [0.05, 0.1) is 6.54 Å². The van der Waals surface area contributed by atoms with Crippen molar-refractivity contribution in [3.05, 3.63) is 46.4 Å². The van der Waals surface area contributed by atoms with E-state index in [2.05, 4.69) is 5.10 Å². The van der Waals surface area contributed by atoms with E-state index < -0.39 is 0 Å². The van der Waals surface area contributed by atoms with E-state index in [1.165, 1.54) is 10.7 Å². The number of nitrogens with zero attached hydrogens (tertiary/aromatic N) is 2. The summed E-state index contributed by atoms with van der Waals surface area (Å²) < 4.78 is 12.3. The summed E-state index contributed by atoms with van der Waals surface area (Å²) in [7, 11) is 0. The predicted octanol–water partition coefficient (Wildman–Crippen LogP) is 0.645. The quantitative estimate of drug-likeness (QED) is 0.801. The van der Waals surface area contributed by atoms with Crippen molar-refractivity contribution in [1.82, 2.24) is 9.78 Å². The highest BCUT2D eigenvalue weighted by Crippen LogP contribution is 2.34. The third-order valence-corrected chi connectivity index (χ3v) is 2.91. The number of anilines is 1. The Hall–Kier alpha value is -2.50. The van der Waals surface area contributed by atoms with Crippen LogP contribution in [0.4, 0.5) is 5.69 Å². The van der Waals surface area contributed by atoms with Crippen molar-refractivity contribution in [2.75, 3.05) is 18.9 Å². The van der Waals surface area contributed by atoms with E-state index in [4.69, 9.17) is 15.2 Å². The van der Waals surface area contributed by atoms with Crippen molar-refractivity contribution < 1.29 is 9.47 Å². The van der Waals surface area contributed by atoms with E-state index in [9.17, 15) is 4.79 Å². The van der Waals surface area contributed by atoms with Crippen molar-refractivity contribution in [2.45, 2.75) is 6.54 Å². The van der Waals surface area contributed by atoms with Crippen LogP contribution in [0.25, 0.3) is 0 Å². The summed E-state index contributed by atoms with van der Waals surface area (Å²) >= 11 is 0. The van der Waals surface area contributed by atoms with Crippen LogP contribution in [0, 0.1) is 0 Å². The minimum absolute atomic E-state index is 0.170. The molecule has 0 saturated heterocycles. The molecule has 0 radical (unpaired) electrons. The predicted molar refractivity (Wildman–Crippen MR) is 69.4 cm³/mol. The van der Waals surface area contributed by atoms with E-state index in [0.29, 0.717) is 36.9 Å². The highest BCUT2D eigenvalue weighted by Gasteiger charge is 2.15. The lowest BCUT2D eigenvalue weighted by Crippen LogP contribution is -2.22. The zero-order valence-corrected chi connectivity index (χ0v) is 10.2. The monoisotopic (exact) mass is 259 g/mol. The van der Waals surface area contributed by atoms with Crippen molar-refractivity contribution >= 4 is 5.69 Å². The molecule has 0 spiro atoms. The summed E-state index contributed by atoms with van der Waals surface area (Å²) in [5, 5.41) is 4.00. The lowest BCUT2D eigenvalue weighted by Gasteiger charge is -2.20. The Morgan fingerprint density at radius 3 is 2.74 bits per heavy atom. The normalized spacial score (nSPS) is 13.3. The van der Waals surface area contributed by atoms with Gasteiger partial charge >= 0.3 is 0 Å². The number of benzene rings is 1. The van der Waals surface area contributed by atoms with E-state index >= 15 is 0 Å². The standard InChI is InChI=1S/C13H13N3O3/c14-10-7-12-11(18-4-5-19-12)6-9(10)8-16-13(17)2-1-3-15-16/h1-3,6-7H,4-5,8,14H2. The topological polar surface area (TPSA) is 79.4 Å². The average molecular weight is 259 g/mol. The number of aromatic nitrogens is 2. The summed E-state index contributed by atoms with van der Waals surface area (Å²) in [6.07, 6.45) is 1.57. The molecule has 0 bridgehead atoms. The van der Waals surface area contributed by atoms with E-state index in [1.54, 1.807) is 24.4 Å². The maximum atomic E-state index is 11.6. The van der Waals surface area contributed by atoms with Gasteiger partial charge in [0.25, 0.3) is 5.56 Å². The van der Waals surface area contributed by atoms with Crippen LogP contribution in [0.5, 0.6) is 11.5 Å². The summed E-state index contributed by atoms with van der Waals surface area (Å²) in [6, 6.07) is 6.58. The number of fused-ring (bicyclic) bond motifs is 1. The second-order valence-corrected chi connectivity index (χ2v) is 4.21. The van der Waals surface area contributed by atoms with Crippen molar-refractivity contribution in [3.63, 3.8) is 0 Å². The van der Waals surface area contributed by atoms with Gasteiger partial charge in [0.1, 0.15) is 13.2 Å². The Balaban J connectivity index is 1.97. The molecule has 1 aliphatic rings. The van der Waals surface area contributed by atoms with Gasteiger partial charge < -0.3 is 15.2 Å². The largest absolute Gasteiger partial charge is 0.486 e. The molecule has 2 N–H and O–H groups in total. The van der Waals surface area contributed by atoms with Gasteiger partial charge in [0, 0.05) is 29.6 Å². The van der Waals surface area contributed by atoms with Crippen molar-refractivity contribution in [2.24, 2.45) is 0 Å². The molecule has 2 aromatic rings. The molecule has 0 aliphatic carbocycles. The van der Waals surface area contributed by atoms with Crippen LogP contribution in [0.2, 0.25) is 0 Å². The fraction of sp³-hybridized carbons (Fsp3) is 0.231. The minimum atomic E-state index is -0.170.